The lowest BCUT2D eigenvalue weighted by atomic mass is 10.2. The van der Waals surface area contributed by atoms with Crippen LogP contribution in [0.5, 0.6) is 0 Å². The highest BCUT2D eigenvalue weighted by Crippen LogP contribution is 2.15. The lowest BCUT2D eigenvalue weighted by Crippen LogP contribution is -2.01. The molecule has 0 atom stereocenters. The van der Waals surface area contributed by atoms with E-state index in [1.807, 2.05) is 25.2 Å². The maximum atomic E-state index is 11.2. The maximum Gasteiger partial charge on any atom is 0.335 e. The summed E-state index contributed by atoms with van der Waals surface area (Å²) in [6.45, 7) is 3.72. The van der Waals surface area contributed by atoms with E-state index in [1.165, 1.54) is 6.08 Å². The van der Waals surface area contributed by atoms with Gasteiger partial charge in [0.1, 0.15) is 5.76 Å². The predicted molar refractivity (Wildman–Crippen MR) is 56.5 cm³/mol. The molecule has 0 heterocycles. The van der Waals surface area contributed by atoms with Crippen LogP contribution in [0.3, 0.4) is 0 Å². The molecular weight excluding hydrogens is 176 g/mol. The van der Waals surface area contributed by atoms with Crippen LogP contribution in [0, 0.1) is 0 Å². The van der Waals surface area contributed by atoms with Crippen LogP contribution >= 0.6 is 0 Å². The van der Waals surface area contributed by atoms with Crippen LogP contribution in [0.25, 0.3) is 0 Å². The Hall–Kier alpha value is -1.57. The monoisotopic (exact) mass is 190 g/mol. The molecule has 0 fully saturated rings. The summed E-state index contributed by atoms with van der Waals surface area (Å²) in [5.74, 6) is 0.295. The Bertz CT molecular complexity index is 330. The number of rotatable bonds is 2. The quantitative estimate of drug-likeness (QED) is 0.494. The standard InChI is InChI=1S/C12H14O2/c1-3-7-12(13)14-11-9-6-4-5-8-10(11)2/h3-4,6-9H,5H2,1-2H3/b7-3-. The Morgan fingerprint density at radius 2 is 2.36 bits per heavy atom. The molecule has 1 rings (SSSR count). The van der Waals surface area contributed by atoms with Gasteiger partial charge in [-0.3, -0.25) is 0 Å². The fourth-order valence-electron chi connectivity index (χ4n) is 1.10. The molecule has 2 heteroatoms. The van der Waals surface area contributed by atoms with Crippen molar-refractivity contribution in [2.75, 3.05) is 0 Å². The number of hydrogen-bond donors (Lipinski definition) is 0. The molecule has 74 valence electrons. The largest absolute Gasteiger partial charge is 0.423 e. The number of ether oxygens (including phenoxy) is 1. The van der Waals surface area contributed by atoms with Gasteiger partial charge in [0.2, 0.25) is 0 Å². The number of allylic oxidation sites excluding steroid dienone is 6. The molecule has 1 aliphatic carbocycles. The number of esters is 1. The van der Waals surface area contributed by atoms with Gasteiger partial charge in [0.05, 0.1) is 0 Å². The van der Waals surface area contributed by atoms with Crippen molar-refractivity contribution in [3.63, 3.8) is 0 Å². The summed E-state index contributed by atoms with van der Waals surface area (Å²) >= 11 is 0. The zero-order chi connectivity index (χ0) is 10.4. The van der Waals surface area contributed by atoms with Gasteiger partial charge in [-0.2, -0.15) is 0 Å². The fraction of sp³-hybridized carbons (Fsp3) is 0.250. The van der Waals surface area contributed by atoms with Gasteiger partial charge in [0.25, 0.3) is 0 Å². The summed E-state index contributed by atoms with van der Waals surface area (Å²) in [5.41, 5.74) is 0.993. The van der Waals surface area contributed by atoms with Crippen LogP contribution in [0.2, 0.25) is 0 Å². The first-order chi connectivity index (χ1) is 6.74. The van der Waals surface area contributed by atoms with Gasteiger partial charge < -0.3 is 4.74 Å². The zero-order valence-electron chi connectivity index (χ0n) is 8.49. The van der Waals surface area contributed by atoms with Crippen LogP contribution in [-0.4, -0.2) is 5.97 Å². The van der Waals surface area contributed by atoms with Crippen molar-refractivity contribution in [2.24, 2.45) is 0 Å². The van der Waals surface area contributed by atoms with E-state index < -0.39 is 0 Å². The number of carbonyl (C=O) groups is 1. The fourth-order valence-corrected chi connectivity index (χ4v) is 1.10. The summed E-state index contributed by atoms with van der Waals surface area (Å²) in [6.07, 6.45) is 11.7. The lowest BCUT2D eigenvalue weighted by molar-refractivity contribution is -0.133. The van der Waals surface area contributed by atoms with Crippen molar-refractivity contribution in [1.29, 1.82) is 0 Å². The van der Waals surface area contributed by atoms with E-state index in [0.717, 1.165) is 12.0 Å². The second-order valence-corrected chi connectivity index (χ2v) is 3.00. The lowest BCUT2D eigenvalue weighted by Gasteiger charge is -2.05. The molecule has 0 aromatic carbocycles. The second-order valence-electron chi connectivity index (χ2n) is 3.00. The molecular formula is C12H14O2. The molecule has 0 spiro atoms. The molecule has 0 saturated carbocycles. The SMILES string of the molecule is C/C=C\C(=O)OC1=CC=CCC=C1C. The van der Waals surface area contributed by atoms with E-state index in [9.17, 15) is 4.79 Å². The molecule has 0 aromatic heterocycles. The van der Waals surface area contributed by atoms with Crippen molar-refractivity contribution in [3.8, 4) is 0 Å². The smallest absolute Gasteiger partial charge is 0.335 e. The molecule has 0 bridgehead atoms. The van der Waals surface area contributed by atoms with Crippen LogP contribution in [0.1, 0.15) is 20.3 Å². The van der Waals surface area contributed by atoms with E-state index in [1.54, 1.807) is 19.1 Å². The normalized spacial score (nSPS) is 16.1. The third kappa shape index (κ3) is 3.05. The van der Waals surface area contributed by atoms with Crippen molar-refractivity contribution in [2.45, 2.75) is 20.3 Å². The molecule has 0 aromatic rings. The Balaban J connectivity index is 2.71. The minimum absolute atomic E-state index is 0.332. The summed E-state index contributed by atoms with van der Waals surface area (Å²) < 4.78 is 5.14. The average Bonchev–Trinajstić information content (AvgIpc) is 2.33. The first kappa shape index (κ1) is 10.5. The van der Waals surface area contributed by atoms with Crippen molar-refractivity contribution >= 4 is 5.97 Å². The third-order valence-electron chi connectivity index (χ3n) is 1.85. The molecule has 0 radical (unpaired) electrons. The molecule has 0 N–H and O–H groups in total. The minimum Gasteiger partial charge on any atom is -0.423 e. The van der Waals surface area contributed by atoms with Crippen molar-refractivity contribution < 1.29 is 9.53 Å². The van der Waals surface area contributed by atoms with Crippen molar-refractivity contribution in [3.05, 3.63) is 47.8 Å². The van der Waals surface area contributed by atoms with Gasteiger partial charge in [0.15, 0.2) is 0 Å². The average molecular weight is 190 g/mol. The highest BCUT2D eigenvalue weighted by molar-refractivity contribution is 5.83. The predicted octanol–water partition coefficient (Wildman–Crippen LogP) is 2.90. The molecule has 0 aliphatic heterocycles. The number of hydrogen-bond acceptors (Lipinski definition) is 2. The topological polar surface area (TPSA) is 26.3 Å². The molecule has 0 amide bonds. The Morgan fingerprint density at radius 3 is 3.07 bits per heavy atom. The summed E-state index contributed by atoms with van der Waals surface area (Å²) in [4.78, 5) is 11.2. The van der Waals surface area contributed by atoms with E-state index >= 15 is 0 Å². The van der Waals surface area contributed by atoms with Gasteiger partial charge in [-0.05, 0) is 31.9 Å². The highest BCUT2D eigenvalue weighted by Gasteiger charge is 2.05. The van der Waals surface area contributed by atoms with E-state index in [-0.39, 0.29) is 5.97 Å². The molecule has 0 unspecified atom stereocenters. The van der Waals surface area contributed by atoms with Gasteiger partial charge in [-0.25, -0.2) is 4.79 Å². The van der Waals surface area contributed by atoms with E-state index in [2.05, 4.69) is 0 Å². The first-order valence-electron chi connectivity index (χ1n) is 4.62. The van der Waals surface area contributed by atoms with E-state index in [0.29, 0.717) is 5.76 Å². The second kappa shape index (κ2) is 5.22. The molecule has 14 heavy (non-hydrogen) atoms. The molecule has 0 saturated heterocycles. The Morgan fingerprint density at radius 1 is 1.57 bits per heavy atom. The first-order valence-corrected chi connectivity index (χ1v) is 4.62. The van der Waals surface area contributed by atoms with Crippen LogP contribution in [0.15, 0.2) is 47.8 Å². The van der Waals surface area contributed by atoms with Gasteiger partial charge in [-0.1, -0.05) is 24.3 Å². The zero-order valence-corrected chi connectivity index (χ0v) is 8.49. The number of carbonyl (C=O) groups excluding carboxylic acids is 1. The van der Waals surface area contributed by atoms with Crippen LogP contribution < -0.4 is 0 Å². The molecule has 2 nitrogen and oxygen atoms in total. The Labute approximate surface area is 84.3 Å². The van der Waals surface area contributed by atoms with Crippen LogP contribution in [0.4, 0.5) is 0 Å². The third-order valence-corrected chi connectivity index (χ3v) is 1.85. The molecule has 1 aliphatic rings. The van der Waals surface area contributed by atoms with Gasteiger partial charge in [0, 0.05) is 6.08 Å². The highest BCUT2D eigenvalue weighted by atomic mass is 16.5. The van der Waals surface area contributed by atoms with Crippen molar-refractivity contribution in [1.82, 2.24) is 0 Å². The van der Waals surface area contributed by atoms with Gasteiger partial charge in [-0.15, -0.1) is 0 Å². The van der Waals surface area contributed by atoms with E-state index in [4.69, 9.17) is 4.74 Å². The van der Waals surface area contributed by atoms with Gasteiger partial charge >= 0.3 is 5.97 Å². The minimum atomic E-state index is -0.332. The summed E-state index contributed by atoms with van der Waals surface area (Å²) in [6, 6.07) is 0. The van der Waals surface area contributed by atoms with Crippen LogP contribution in [-0.2, 0) is 9.53 Å². The Kier molecular flexibility index (Phi) is 3.92. The maximum absolute atomic E-state index is 11.2. The summed E-state index contributed by atoms with van der Waals surface area (Å²) in [7, 11) is 0. The summed E-state index contributed by atoms with van der Waals surface area (Å²) in [5, 5.41) is 0.